The molecule has 4 nitrogen and oxygen atoms in total. The van der Waals surface area contributed by atoms with Crippen molar-refractivity contribution in [1.82, 2.24) is 4.31 Å². The van der Waals surface area contributed by atoms with Gasteiger partial charge in [0, 0.05) is 13.1 Å². The number of nitrogens with zero attached hydrogens (tertiary/aromatic N) is 1. The van der Waals surface area contributed by atoms with Crippen LogP contribution < -0.4 is 4.74 Å². The molecule has 1 atom stereocenters. The maximum Gasteiger partial charge on any atom is 0.247 e. The molecule has 0 N–H and O–H groups in total. The Morgan fingerprint density at radius 2 is 2.00 bits per heavy atom. The molecule has 1 unspecified atom stereocenters. The van der Waals surface area contributed by atoms with Crippen molar-refractivity contribution in [1.29, 1.82) is 0 Å². The predicted molar refractivity (Wildman–Crippen MR) is 79.6 cm³/mol. The van der Waals surface area contributed by atoms with Gasteiger partial charge >= 0.3 is 0 Å². The van der Waals surface area contributed by atoms with Gasteiger partial charge in [0.05, 0.1) is 7.11 Å². The molecule has 0 amide bonds. The molecule has 0 radical (unpaired) electrons. The quantitative estimate of drug-likeness (QED) is 0.862. The Morgan fingerprint density at radius 1 is 1.30 bits per heavy atom. The van der Waals surface area contributed by atoms with Crippen LogP contribution in [0.1, 0.15) is 30.9 Å². The van der Waals surface area contributed by atoms with Crippen LogP contribution in [-0.2, 0) is 10.0 Å². The Kier molecular flexibility index (Phi) is 4.39. The monoisotopic (exact) mass is 297 g/mol. The van der Waals surface area contributed by atoms with E-state index < -0.39 is 10.0 Å². The minimum Gasteiger partial charge on any atom is -0.495 e. The molecule has 1 saturated heterocycles. The average molecular weight is 297 g/mol. The van der Waals surface area contributed by atoms with Crippen LogP contribution in [0.15, 0.2) is 17.0 Å². The normalized spacial score (nSPS) is 20.9. The molecule has 112 valence electrons. The third kappa shape index (κ3) is 2.83. The van der Waals surface area contributed by atoms with E-state index in [1.807, 2.05) is 19.9 Å². The van der Waals surface area contributed by atoms with E-state index in [0.717, 1.165) is 24.0 Å². The highest BCUT2D eigenvalue weighted by Crippen LogP contribution is 2.33. The number of hydrogen-bond donors (Lipinski definition) is 0. The lowest BCUT2D eigenvalue weighted by Gasteiger charge is -2.31. The van der Waals surface area contributed by atoms with Crippen LogP contribution >= 0.6 is 0 Å². The molecule has 2 rings (SSSR count). The van der Waals surface area contributed by atoms with Crippen LogP contribution in [0, 0.1) is 19.8 Å². The Labute approximate surface area is 121 Å². The minimum atomic E-state index is -3.48. The van der Waals surface area contributed by atoms with Gasteiger partial charge in [0.25, 0.3) is 0 Å². The number of aryl methyl sites for hydroxylation is 2. The second-order valence-electron chi connectivity index (χ2n) is 5.72. The van der Waals surface area contributed by atoms with Crippen LogP contribution in [0.3, 0.4) is 0 Å². The molecule has 0 aromatic heterocycles. The maximum atomic E-state index is 12.9. The molecule has 1 aliphatic heterocycles. The van der Waals surface area contributed by atoms with Crippen molar-refractivity contribution in [2.45, 2.75) is 38.5 Å². The molecular formula is C15H23NO3S. The van der Waals surface area contributed by atoms with E-state index in [1.54, 1.807) is 10.4 Å². The van der Waals surface area contributed by atoms with Crippen molar-refractivity contribution in [3.63, 3.8) is 0 Å². The molecule has 1 aliphatic rings. The van der Waals surface area contributed by atoms with E-state index in [1.165, 1.54) is 7.11 Å². The minimum absolute atomic E-state index is 0.319. The van der Waals surface area contributed by atoms with E-state index in [4.69, 9.17) is 4.74 Å². The lowest BCUT2D eigenvalue weighted by Crippen LogP contribution is -2.39. The van der Waals surface area contributed by atoms with E-state index >= 15 is 0 Å². The fourth-order valence-corrected chi connectivity index (χ4v) is 4.83. The molecule has 1 fully saturated rings. The van der Waals surface area contributed by atoms with Crippen molar-refractivity contribution in [2.75, 3.05) is 20.2 Å². The number of piperidine rings is 1. The molecule has 1 heterocycles. The Hall–Kier alpha value is -1.07. The Morgan fingerprint density at radius 3 is 2.60 bits per heavy atom. The van der Waals surface area contributed by atoms with Gasteiger partial charge in [-0.3, -0.25) is 0 Å². The summed E-state index contributed by atoms with van der Waals surface area (Å²) in [6, 6.07) is 3.68. The Balaban J connectivity index is 2.49. The summed E-state index contributed by atoms with van der Waals surface area (Å²) < 4.78 is 32.7. The second-order valence-corrected chi connectivity index (χ2v) is 7.60. The third-order valence-corrected chi connectivity index (χ3v) is 5.87. The van der Waals surface area contributed by atoms with Gasteiger partial charge in [0.2, 0.25) is 10.0 Å². The lowest BCUT2D eigenvalue weighted by atomic mass is 10.0. The summed E-state index contributed by atoms with van der Waals surface area (Å²) in [6.07, 6.45) is 2.02. The first-order valence-electron chi connectivity index (χ1n) is 7.01. The van der Waals surface area contributed by atoms with E-state index in [0.29, 0.717) is 29.7 Å². The SMILES string of the molecule is COc1cc(C)cc(C)c1S(=O)(=O)N1CCCC(C)C1. The van der Waals surface area contributed by atoms with E-state index in [9.17, 15) is 8.42 Å². The molecule has 1 aromatic rings. The topological polar surface area (TPSA) is 46.6 Å². The van der Waals surface area contributed by atoms with E-state index in [-0.39, 0.29) is 0 Å². The first-order chi connectivity index (χ1) is 9.36. The molecule has 1 aromatic carbocycles. The highest BCUT2D eigenvalue weighted by Gasteiger charge is 2.32. The Bertz CT molecular complexity index is 595. The van der Waals surface area contributed by atoms with E-state index in [2.05, 4.69) is 6.92 Å². The number of methoxy groups -OCH3 is 1. The lowest BCUT2D eigenvalue weighted by molar-refractivity contribution is 0.280. The maximum absolute atomic E-state index is 12.9. The standard InChI is InChI=1S/C15H23NO3S/c1-11-6-5-7-16(10-11)20(17,18)15-13(3)8-12(2)9-14(15)19-4/h8-9,11H,5-7,10H2,1-4H3. The van der Waals surface area contributed by atoms with Gasteiger partial charge in [0.1, 0.15) is 10.6 Å². The van der Waals surface area contributed by atoms with Gasteiger partial charge in [-0.05, 0) is 49.8 Å². The first-order valence-corrected chi connectivity index (χ1v) is 8.45. The fraction of sp³-hybridized carbons (Fsp3) is 0.600. The smallest absolute Gasteiger partial charge is 0.247 e. The van der Waals surface area contributed by atoms with Crippen molar-refractivity contribution in [3.8, 4) is 5.75 Å². The third-order valence-electron chi connectivity index (χ3n) is 3.82. The summed E-state index contributed by atoms with van der Waals surface area (Å²) >= 11 is 0. The molecule has 0 spiro atoms. The highest BCUT2D eigenvalue weighted by molar-refractivity contribution is 7.89. The van der Waals surface area contributed by atoms with Crippen LogP contribution in [0.5, 0.6) is 5.75 Å². The van der Waals surface area contributed by atoms with Crippen molar-refractivity contribution < 1.29 is 13.2 Å². The van der Waals surface area contributed by atoms with Gasteiger partial charge in [-0.25, -0.2) is 8.42 Å². The average Bonchev–Trinajstić information content (AvgIpc) is 2.37. The molecule has 0 aliphatic carbocycles. The number of benzene rings is 1. The van der Waals surface area contributed by atoms with Crippen LogP contribution in [0.2, 0.25) is 0 Å². The molecule has 0 bridgehead atoms. The molecule has 0 saturated carbocycles. The second kappa shape index (κ2) is 5.74. The van der Waals surface area contributed by atoms with Gasteiger partial charge < -0.3 is 4.74 Å². The molecule has 5 heteroatoms. The molecular weight excluding hydrogens is 274 g/mol. The summed E-state index contributed by atoms with van der Waals surface area (Å²) in [5.41, 5.74) is 1.75. The van der Waals surface area contributed by atoms with Gasteiger partial charge in [-0.2, -0.15) is 4.31 Å². The molecule has 20 heavy (non-hydrogen) atoms. The fourth-order valence-electron chi connectivity index (χ4n) is 2.89. The number of hydrogen-bond acceptors (Lipinski definition) is 3. The van der Waals surface area contributed by atoms with Crippen molar-refractivity contribution in [2.24, 2.45) is 5.92 Å². The van der Waals surface area contributed by atoms with Gasteiger partial charge in [-0.1, -0.05) is 13.0 Å². The number of sulfonamides is 1. The highest BCUT2D eigenvalue weighted by atomic mass is 32.2. The number of rotatable bonds is 3. The van der Waals surface area contributed by atoms with Crippen LogP contribution in [-0.4, -0.2) is 32.9 Å². The van der Waals surface area contributed by atoms with Crippen LogP contribution in [0.4, 0.5) is 0 Å². The van der Waals surface area contributed by atoms with Crippen LogP contribution in [0.25, 0.3) is 0 Å². The predicted octanol–water partition coefficient (Wildman–Crippen LogP) is 2.73. The zero-order valence-electron chi connectivity index (χ0n) is 12.6. The largest absolute Gasteiger partial charge is 0.495 e. The van der Waals surface area contributed by atoms with Gasteiger partial charge in [-0.15, -0.1) is 0 Å². The number of ether oxygens (including phenoxy) is 1. The van der Waals surface area contributed by atoms with Gasteiger partial charge in [0.15, 0.2) is 0 Å². The summed E-state index contributed by atoms with van der Waals surface area (Å²) in [5, 5.41) is 0. The first kappa shape index (κ1) is 15.3. The summed E-state index contributed by atoms with van der Waals surface area (Å²) in [4.78, 5) is 0.319. The summed E-state index contributed by atoms with van der Waals surface area (Å²) in [6.45, 7) is 7.06. The zero-order chi connectivity index (χ0) is 14.9. The zero-order valence-corrected chi connectivity index (χ0v) is 13.5. The van der Waals surface area contributed by atoms with Crippen molar-refractivity contribution >= 4 is 10.0 Å². The van der Waals surface area contributed by atoms with Crippen molar-refractivity contribution in [3.05, 3.63) is 23.3 Å². The summed E-state index contributed by atoms with van der Waals surface area (Å²) in [5.74, 6) is 0.857. The summed E-state index contributed by atoms with van der Waals surface area (Å²) in [7, 11) is -1.96.